The van der Waals surface area contributed by atoms with Crippen molar-refractivity contribution in [2.24, 2.45) is 0 Å². The Hall–Kier alpha value is -3.58. The van der Waals surface area contributed by atoms with Crippen LogP contribution in [0.25, 0.3) is 21.9 Å². The quantitative estimate of drug-likeness (QED) is 0.479. The molecule has 4 aromatic rings. The van der Waals surface area contributed by atoms with Crippen LogP contribution in [0.5, 0.6) is 11.5 Å². The van der Waals surface area contributed by atoms with E-state index in [-0.39, 0.29) is 28.2 Å². The lowest BCUT2D eigenvalue weighted by atomic mass is 9.91. The lowest BCUT2D eigenvalue weighted by molar-refractivity contribution is -0.00987. The van der Waals surface area contributed by atoms with Crippen molar-refractivity contribution in [3.63, 3.8) is 0 Å². The molecule has 0 aliphatic carbocycles. The Morgan fingerprint density at radius 1 is 0.828 bits per heavy atom. The average molecular weight is 392 g/mol. The molecule has 0 saturated carbocycles. The Morgan fingerprint density at radius 2 is 1.38 bits per heavy atom. The molecule has 1 aliphatic rings. The van der Waals surface area contributed by atoms with Crippen LogP contribution in [0, 0.1) is 13.8 Å². The van der Waals surface area contributed by atoms with Gasteiger partial charge in [0.1, 0.15) is 22.7 Å². The monoisotopic (exact) mass is 392 g/mol. The normalized spacial score (nSPS) is 18.2. The standard InChI is InChI=1S/C22H16O7/c1-9-3-5-13-11(7-9)18(23)16(21(25)27-13)15-17-19(29-20(15)24)12-8-10(2)4-6-14(12)28-22(17)26/h3-8,15,20,23-24H,1-2H3. The summed E-state index contributed by atoms with van der Waals surface area (Å²) in [7, 11) is 0. The Balaban J connectivity index is 1.84. The zero-order valence-corrected chi connectivity index (χ0v) is 15.6. The molecule has 2 unspecified atom stereocenters. The minimum Gasteiger partial charge on any atom is -0.507 e. The van der Waals surface area contributed by atoms with E-state index in [1.165, 1.54) is 0 Å². The summed E-state index contributed by atoms with van der Waals surface area (Å²) in [5.74, 6) is -1.46. The number of ether oxygens (including phenoxy) is 1. The summed E-state index contributed by atoms with van der Waals surface area (Å²) < 4.78 is 16.3. The Morgan fingerprint density at radius 3 is 2.03 bits per heavy atom. The van der Waals surface area contributed by atoms with E-state index in [9.17, 15) is 19.8 Å². The number of benzene rings is 2. The fourth-order valence-electron chi connectivity index (χ4n) is 3.91. The minimum absolute atomic E-state index is 0.0230. The molecule has 2 aromatic heterocycles. The molecular weight excluding hydrogens is 376 g/mol. The van der Waals surface area contributed by atoms with Crippen LogP contribution in [-0.2, 0) is 0 Å². The van der Waals surface area contributed by atoms with Gasteiger partial charge in [0.05, 0.1) is 27.8 Å². The van der Waals surface area contributed by atoms with E-state index in [0.29, 0.717) is 16.4 Å². The van der Waals surface area contributed by atoms with Crippen molar-refractivity contribution < 1.29 is 23.8 Å². The van der Waals surface area contributed by atoms with E-state index in [1.54, 1.807) is 36.4 Å². The smallest absolute Gasteiger partial charge is 0.344 e. The van der Waals surface area contributed by atoms with Crippen molar-refractivity contribution in [1.82, 2.24) is 0 Å². The van der Waals surface area contributed by atoms with Crippen molar-refractivity contribution in [2.75, 3.05) is 0 Å². The Bertz CT molecular complexity index is 1430. The van der Waals surface area contributed by atoms with Gasteiger partial charge in [-0.1, -0.05) is 23.3 Å². The van der Waals surface area contributed by atoms with Crippen molar-refractivity contribution in [2.45, 2.75) is 26.1 Å². The average Bonchev–Trinajstić information content (AvgIpc) is 3.01. The van der Waals surface area contributed by atoms with Crippen LogP contribution in [0.4, 0.5) is 0 Å². The van der Waals surface area contributed by atoms with Gasteiger partial charge in [0, 0.05) is 0 Å². The maximum atomic E-state index is 12.7. The molecule has 0 saturated heterocycles. The van der Waals surface area contributed by atoms with Gasteiger partial charge in [-0.05, 0) is 38.1 Å². The number of fused-ring (bicyclic) bond motifs is 4. The van der Waals surface area contributed by atoms with Gasteiger partial charge in [0.25, 0.3) is 0 Å². The first kappa shape index (κ1) is 17.5. The van der Waals surface area contributed by atoms with Gasteiger partial charge in [0.15, 0.2) is 0 Å². The molecule has 7 heteroatoms. The predicted molar refractivity (Wildman–Crippen MR) is 105 cm³/mol. The number of hydrogen-bond acceptors (Lipinski definition) is 7. The molecule has 29 heavy (non-hydrogen) atoms. The molecule has 2 atom stereocenters. The van der Waals surface area contributed by atoms with Gasteiger partial charge in [-0.3, -0.25) is 0 Å². The molecule has 0 fully saturated rings. The second-order valence-corrected chi connectivity index (χ2v) is 7.27. The van der Waals surface area contributed by atoms with Crippen LogP contribution in [0.1, 0.15) is 28.2 Å². The largest absolute Gasteiger partial charge is 0.507 e. The lowest BCUT2D eigenvalue weighted by Crippen LogP contribution is -2.26. The fourth-order valence-corrected chi connectivity index (χ4v) is 3.91. The zero-order chi connectivity index (χ0) is 20.4. The third-order valence-electron chi connectivity index (χ3n) is 5.26. The van der Waals surface area contributed by atoms with Gasteiger partial charge in [-0.15, -0.1) is 0 Å². The van der Waals surface area contributed by atoms with E-state index < -0.39 is 23.5 Å². The molecule has 7 nitrogen and oxygen atoms in total. The van der Waals surface area contributed by atoms with E-state index in [1.807, 2.05) is 13.8 Å². The molecular formula is C22H16O7. The maximum Gasteiger partial charge on any atom is 0.344 e. The number of hydrogen-bond donors (Lipinski definition) is 2. The van der Waals surface area contributed by atoms with E-state index >= 15 is 0 Å². The highest BCUT2D eigenvalue weighted by atomic mass is 16.6. The summed E-state index contributed by atoms with van der Waals surface area (Å²) >= 11 is 0. The number of aryl methyl sites for hydroxylation is 2. The van der Waals surface area contributed by atoms with Gasteiger partial charge < -0.3 is 23.8 Å². The summed E-state index contributed by atoms with van der Waals surface area (Å²) in [6.45, 7) is 3.70. The number of aliphatic hydroxyl groups is 1. The summed E-state index contributed by atoms with van der Waals surface area (Å²) in [6.07, 6.45) is -1.56. The first-order chi connectivity index (χ1) is 13.8. The van der Waals surface area contributed by atoms with E-state index in [0.717, 1.165) is 11.1 Å². The molecule has 2 N–H and O–H groups in total. The van der Waals surface area contributed by atoms with Gasteiger partial charge >= 0.3 is 11.3 Å². The highest BCUT2D eigenvalue weighted by Gasteiger charge is 2.43. The molecule has 0 radical (unpaired) electrons. The number of aliphatic hydroxyl groups excluding tert-OH is 1. The first-order valence-corrected chi connectivity index (χ1v) is 9.03. The van der Waals surface area contributed by atoms with Crippen LogP contribution in [0.3, 0.4) is 0 Å². The fraction of sp³-hybridized carbons (Fsp3) is 0.182. The van der Waals surface area contributed by atoms with E-state index in [2.05, 4.69) is 0 Å². The van der Waals surface area contributed by atoms with Crippen LogP contribution in [0.15, 0.2) is 54.8 Å². The zero-order valence-electron chi connectivity index (χ0n) is 15.6. The summed E-state index contributed by atoms with van der Waals surface area (Å²) in [6, 6.07) is 10.2. The highest BCUT2D eigenvalue weighted by molar-refractivity contribution is 5.88. The number of rotatable bonds is 1. The Kier molecular flexibility index (Phi) is 3.60. The molecule has 146 valence electrons. The van der Waals surface area contributed by atoms with Crippen molar-refractivity contribution in [3.8, 4) is 11.5 Å². The SMILES string of the molecule is Cc1ccc2oc(=O)c(C3c4c(c5cc(C)ccc5oc4=O)OC3O)c(O)c2c1. The maximum absolute atomic E-state index is 12.7. The van der Waals surface area contributed by atoms with Crippen LogP contribution >= 0.6 is 0 Å². The third-order valence-corrected chi connectivity index (χ3v) is 5.26. The highest BCUT2D eigenvalue weighted by Crippen LogP contribution is 2.45. The second kappa shape index (κ2) is 5.96. The van der Waals surface area contributed by atoms with Gasteiger partial charge in [0.2, 0.25) is 6.29 Å². The first-order valence-electron chi connectivity index (χ1n) is 9.03. The van der Waals surface area contributed by atoms with E-state index in [4.69, 9.17) is 13.6 Å². The molecule has 2 aromatic carbocycles. The molecule has 0 spiro atoms. The van der Waals surface area contributed by atoms with Crippen molar-refractivity contribution in [1.29, 1.82) is 0 Å². The van der Waals surface area contributed by atoms with Crippen LogP contribution < -0.4 is 16.0 Å². The topological polar surface area (TPSA) is 110 Å². The number of aromatic hydroxyl groups is 1. The predicted octanol–water partition coefficient (Wildman–Crippen LogP) is 3.06. The van der Waals surface area contributed by atoms with Gasteiger partial charge in [-0.25, -0.2) is 9.59 Å². The van der Waals surface area contributed by atoms with Crippen molar-refractivity contribution in [3.05, 3.63) is 79.5 Å². The third kappa shape index (κ3) is 2.48. The molecule has 3 heterocycles. The lowest BCUT2D eigenvalue weighted by Gasteiger charge is -2.14. The van der Waals surface area contributed by atoms with Crippen molar-refractivity contribution >= 4 is 21.9 Å². The van der Waals surface area contributed by atoms with Gasteiger partial charge in [-0.2, -0.15) is 0 Å². The Labute approximate surface area is 163 Å². The molecule has 0 amide bonds. The summed E-state index contributed by atoms with van der Waals surface area (Å²) in [5.41, 5.74) is 0.382. The minimum atomic E-state index is -1.56. The van der Waals surface area contributed by atoms with Crippen LogP contribution in [0.2, 0.25) is 0 Å². The summed E-state index contributed by atoms with van der Waals surface area (Å²) in [4.78, 5) is 25.4. The van der Waals surface area contributed by atoms with Crippen LogP contribution in [-0.4, -0.2) is 16.5 Å². The molecule has 5 rings (SSSR count). The molecule has 0 bridgehead atoms. The molecule has 1 aliphatic heterocycles. The summed E-state index contributed by atoms with van der Waals surface area (Å²) in [5, 5.41) is 22.3. The second-order valence-electron chi connectivity index (χ2n) is 7.27.